The molecule has 0 saturated carbocycles. The summed E-state index contributed by atoms with van der Waals surface area (Å²) < 4.78 is 0. The van der Waals surface area contributed by atoms with E-state index >= 15 is 0 Å². The van der Waals surface area contributed by atoms with Gasteiger partial charge in [-0.2, -0.15) is 12.6 Å². The summed E-state index contributed by atoms with van der Waals surface area (Å²) in [6.07, 6.45) is 2.68. The summed E-state index contributed by atoms with van der Waals surface area (Å²) in [5.41, 5.74) is 0. The molecule has 1 heterocycles. The van der Waals surface area contributed by atoms with E-state index in [1.54, 1.807) is 0 Å². The van der Waals surface area contributed by atoms with Crippen LogP contribution >= 0.6 is 12.6 Å². The Morgan fingerprint density at radius 2 is 2.55 bits per heavy atom. The zero-order valence-corrected chi connectivity index (χ0v) is 6.28. The maximum atomic E-state index is 10.1. The number of nitrogens with one attached hydrogen (secondary N) is 1. The SMILES string of the molecule is O=[N+]([O-])c1cnc(C=CS)[nH]1. The van der Waals surface area contributed by atoms with Gasteiger partial charge in [0.25, 0.3) is 0 Å². The molecule has 5 nitrogen and oxygen atoms in total. The molecule has 1 aromatic rings. The molecule has 0 spiro atoms. The minimum absolute atomic E-state index is 0.119. The summed E-state index contributed by atoms with van der Waals surface area (Å²) in [7, 11) is 0. The molecule has 58 valence electrons. The second kappa shape index (κ2) is 3.20. The number of aromatic nitrogens is 2. The number of imidazole rings is 1. The zero-order valence-electron chi connectivity index (χ0n) is 5.39. The molecule has 0 aliphatic carbocycles. The lowest BCUT2D eigenvalue weighted by atomic mass is 10.6. The average molecular weight is 171 g/mol. The van der Waals surface area contributed by atoms with E-state index in [0.717, 1.165) is 6.20 Å². The number of H-pyrrole nitrogens is 1. The van der Waals surface area contributed by atoms with Crippen molar-refractivity contribution in [3.63, 3.8) is 0 Å². The summed E-state index contributed by atoms with van der Waals surface area (Å²) in [6.45, 7) is 0. The van der Waals surface area contributed by atoms with Crippen LogP contribution in [0.25, 0.3) is 6.08 Å². The van der Waals surface area contributed by atoms with Gasteiger partial charge in [-0.1, -0.05) is 0 Å². The highest BCUT2D eigenvalue weighted by molar-refractivity contribution is 7.83. The van der Waals surface area contributed by atoms with Crippen molar-refractivity contribution in [1.29, 1.82) is 0 Å². The number of hydrogen-bond donors (Lipinski definition) is 2. The molecular formula is C5H5N3O2S. The van der Waals surface area contributed by atoms with E-state index in [1.165, 1.54) is 11.5 Å². The van der Waals surface area contributed by atoms with Crippen molar-refractivity contribution < 1.29 is 4.92 Å². The van der Waals surface area contributed by atoms with E-state index in [0.29, 0.717) is 5.82 Å². The van der Waals surface area contributed by atoms with E-state index in [4.69, 9.17) is 0 Å². The maximum absolute atomic E-state index is 10.1. The molecule has 1 N–H and O–H groups in total. The minimum atomic E-state index is -0.539. The van der Waals surface area contributed by atoms with Gasteiger partial charge in [0.2, 0.25) is 5.82 Å². The number of aromatic amines is 1. The molecular weight excluding hydrogens is 166 g/mol. The Labute approximate surface area is 67.7 Å². The summed E-state index contributed by atoms with van der Waals surface area (Å²) >= 11 is 3.78. The Bertz CT molecular complexity index is 294. The van der Waals surface area contributed by atoms with Crippen LogP contribution in [-0.2, 0) is 0 Å². The molecule has 0 saturated heterocycles. The third-order valence-electron chi connectivity index (χ3n) is 1.01. The smallest absolute Gasteiger partial charge is 0.340 e. The van der Waals surface area contributed by atoms with E-state index < -0.39 is 4.92 Å². The molecule has 0 radical (unpaired) electrons. The van der Waals surface area contributed by atoms with Crippen molar-refractivity contribution in [1.82, 2.24) is 9.97 Å². The van der Waals surface area contributed by atoms with Gasteiger partial charge in [0.15, 0.2) is 0 Å². The van der Waals surface area contributed by atoms with Crippen LogP contribution in [0, 0.1) is 10.1 Å². The molecule has 0 aromatic carbocycles. The average Bonchev–Trinajstić information content (AvgIpc) is 2.37. The lowest BCUT2D eigenvalue weighted by molar-refractivity contribution is -0.389. The quantitative estimate of drug-likeness (QED) is 0.399. The summed E-state index contributed by atoms with van der Waals surface area (Å²) in [6, 6.07) is 0. The Morgan fingerprint density at radius 1 is 1.82 bits per heavy atom. The Balaban J connectivity index is 2.90. The summed E-state index contributed by atoms with van der Waals surface area (Å²) in [4.78, 5) is 15.7. The van der Waals surface area contributed by atoms with Gasteiger partial charge in [-0.25, -0.2) is 9.97 Å². The third-order valence-corrected chi connectivity index (χ3v) is 1.16. The van der Waals surface area contributed by atoms with Gasteiger partial charge in [-0.3, -0.25) is 0 Å². The fraction of sp³-hybridized carbons (Fsp3) is 0. The Morgan fingerprint density at radius 3 is 3.00 bits per heavy atom. The van der Waals surface area contributed by atoms with Crippen molar-refractivity contribution in [2.24, 2.45) is 0 Å². The van der Waals surface area contributed by atoms with Crippen LogP contribution in [0.1, 0.15) is 5.82 Å². The maximum Gasteiger partial charge on any atom is 0.340 e. The lowest BCUT2D eigenvalue weighted by Crippen LogP contribution is -1.86. The molecule has 0 unspecified atom stereocenters. The second-order valence-corrected chi connectivity index (χ2v) is 2.02. The fourth-order valence-corrected chi connectivity index (χ4v) is 0.716. The molecule has 0 amide bonds. The first-order valence-electron chi connectivity index (χ1n) is 2.74. The van der Waals surface area contributed by atoms with Gasteiger partial charge in [0.05, 0.1) is 0 Å². The van der Waals surface area contributed by atoms with Crippen LogP contribution in [0.5, 0.6) is 0 Å². The predicted octanol–water partition coefficient (Wildman–Crippen LogP) is 1.22. The fourth-order valence-electron chi connectivity index (χ4n) is 0.575. The van der Waals surface area contributed by atoms with Crippen molar-refractivity contribution in [3.8, 4) is 0 Å². The molecule has 11 heavy (non-hydrogen) atoms. The summed E-state index contributed by atoms with van der Waals surface area (Å²) in [5, 5.41) is 11.6. The number of nitrogens with zero attached hydrogens (tertiary/aromatic N) is 2. The molecule has 0 aliphatic rings. The zero-order chi connectivity index (χ0) is 8.27. The van der Waals surface area contributed by atoms with Crippen LogP contribution in [0.2, 0.25) is 0 Å². The summed E-state index contributed by atoms with van der Waals surface area (Å²) in [5.74, 6) is 0.304. The van der Waals surface area contributed by atoms with Crippen molar-refractivity contribution in [3.05, 3.63) is 27.5 Å². The number of thiol groups is 1. The molecule has 0 fully saturated rings. The van der Waals surface area contributed by atoms with Gasteiger partial charge in [0.1, 0.15) is 6.20 Å². The highest BCUT2D eigenvalue weighted by Gasteiger charge is 2.06. The molecule has 1 aromatic heterocycles. The van der Waals surface area contributed by atoms with Crippen LogP contribution in [-0.4, -0.2) is 14.9 Å². The number of hydrogen-bond acceptors (Lipinski definition) is 4. The van der Waals surface area contributed by atoms with E-state index in [-0.39, 0.29) is 5.82 Å². The monoisotopic (exact) mass is 171 g/mol. The van der Waals surface area contributed by atoms with Crippen LogP contribution < -0.4 is 0 Å². The number of rotatable bonds is 2. The standard InChI is InChI=1S/C5H5N3O2S/c9-8(10)5-3-6-4(7-5)1-2-11/h1-3,11H,(H,6,7). The lowest BCUT2D eigenvalue weighted by Gasteiger charge is -1.84. The van der Waals surface area contributed by atoms with Gasteiger partial charge in [-0.15, -0.1) is 0 Å². The first kappa shape index (κ1) is 7.80. The predicted molar refractivity (Wildman–Crippen MR) is 43.3 cm³/mol. The number of nitro groups is 1. The topological polar surface area (TPSA) is 71.8 Å². The van der Waals surface area contributed by atoms with Gasteiger partial charge >= 0.3 is 5.82 Å². The van der Waals surface area contributed by atoms with Crippen molar-refractivity contribution in [2.75, 3.05) is 0 Å². The van der Waals surface area contributed by atoms with Gasteiger partial charge < -0.3 is 10.1 Å². The molecule has 0 atom stereocenters. The first-order valence-corrected chi connectivity index (χ1v) is 3.26. The Kier molecular flexibility index (Phi) is 2.27. The molecule has 1 rings (SSSR count). The molecule has 0 aliphatic heterocycles. The molecule has 6 heteroatoms. The first-order chi connectivity index (χ1) is 5.24. The second-order valence-electron chi connectivity index (χ2n) is 1.73. The van der Waals surface area contributed by atoms with E-state index in [1.807, 2.05) is 0 Å². The van der Waals surface area contributed by atoms with Crippen molar-refractivity contribution in [2.45, 2.75) is 0 Å². The van der Waals surface area contributed by atoms with Gasteiger partial charge in [-0.05, 0) is 10.3 Å². The van der Waals surface area contributed by atoms with Crippen LogP contribution in [0.3, 0.4) is 0 Å². The minimum Gasteiger partial charge on any atom is -0.358 e. The van der Waals surface area contributed by atoms with Crippen LogP contribution in [0.15, 0.2) is 11.6 Å². The van der Waals surface area contributed by atoms with E-state index in [2.05, 4.69) is 22.6 Å². The normalized spacial score (nSPS) is 10.6. The van der Waals surface area contributed by atoms with E-state index in [9.17, 15) is 10.1 Å². The van der Waals surface area contributed by atoms with Gasteiger partial charge in [0, 0.05) is 6.08 Å². The van der Waals surface area contributed by atoms with Crippen molar-refractivity contribution >= 4 is 24.5 Å². The largest absolute Gasteiger partial charge is 0.358 e. The molecule has 0 bridgehead atoms. The highest BCUT2D eigenvalue weighted by Crippen LogP contribution is 2.06. The Hall–Kier alpha value is -1.30. The third kappa shape index (κ3) is 1.81. The highest BCUT2D eigenvalue weighted by atomic mass is 32.1. The van der Waals surface area contributed by atoms with Crippen LogP contribution in [0.4, 0.5) is 5.82 Å².